The van der Waals surface area contributed by atoms with Crippen LogP contribution in [0.4, 0.5) is 11.6 Å². The van der Waals surface area contributed by atoms with Crippen LogP contribution < -0.4 is 9.80 Å². The van der Waals surface area contributed by atoms with Crippen molar-refractivity contribution in [2.24, 2.45) is 0 Å². The first-order valence-electron chi connectivity index (χ1n) is 11.5. The Morgan fingerprint density at radius 1 is 1.27 bits per heavy atom. The fraction of sp³-hybridized carbons (Fsp3) is 0.500. The van der Waals surface area contributed by atoms with Crippen molar-refractivity contribution in [3.63, 3.8) is 0 Å². The fourth-order valence-electron chi connectivity index (χ4n) is 4.41. The lowest BCUT2D eigenvalue weighted by atomic mass is 10.1. The second kappa shape index (κ2) is 9.74. The number of anilines is 2. The van der Waals surface area contributed by atoms with Crippen LogP contribution in [-0.4, -0.2) is 72.1 Å². The molecule has 0 N–H and O–H groups in total. The molecule has 0 amide bonds. The molecule has 0 atom stereocenters. The van der Waals surface area contributed by atoms with Crippen LogP contribution in [0.1, 0.15) is 42.7 Å². The number of aromatic nitrogens is 4. The largest absolute Gasteiger partial charge is 0.461 e. The van der Waals surface area contributed by atoms with Gasteiger partial charge in [-0.2, -0.15) is 9.61 Å². The van der Waals surface area contributed by atoms with E-state index in [4.69, 9.17) is 19.6 Å². The predicted molar refractivity (Wildman–Crippen MR) is 128 cm³/mol. The third kappa shape index (κ3) is 4.37. The quantitative estimate of drug-likeness (QED) is 0.505. The number of rotatable bonds is 7. The Morgan fingerprint density at radius 2 is 2.03 bits per heavy atom. The highest BCUT2D eigenvalue weighted by Gasteiger charge is 2.29. The van der Waals surface area contributed by atoms with Gasteiger partial charge in [-0.25, -0.2) is 14.8 Å². The van der Waals surface area contributed by atoms with Crippen LogP contribution >= 0.6 is 0 Å². The van der Waals surface area contributed by atoms with Gasteiger partial charge in [0, 0.05) is 57.2 Å². The monoisotopic (exact) mass is 452 g/mol. The number of nitrogens with zero attached hydrogens (tertiary/aromatic N) is 6. The SMILES string of the molecule is CCOC(=O)c1nc2c(-c3ccnc(N(C)C)c3)cnn2c(N(CC)C2CCOCC2)c1C. The summed E-state index contributed by atoms with van der Waals surface area (Å²) in [5, 5.41) is 4.74. The molecule has 0 bridgehead atoms. The molecule has 3 aromatic rings. The lowest BCUT2D eigenvalue weighted by molar-refractivity contribution is 0.0518. The summed E-state index contributed by atoms with van der Waals surface area (Å²) in [6.07, 6.45) is 5.44. The number of fused-ring (bicyclic) bond motifs is 1. The molecule has 1 fully saturated rings. The first-order valence-corrected chi connectivity index (χ1v) is 11.5. The van der Waals surface area contributed by atoms with Gasteiger partial charge in [-0.05, 0) is 51.3 Å². The van der Waals surface area contributed by atoms with Crippen LogP contribution in [-0.2, 0) is 9.47 Å². The summed E-state index contributed by atoms with van der Waals surface area (Å²) < 4.78 is 12.8. The Bertz CT molecular complexity index is 1140. The van der Waals surface area contributed by atoms with Crippen LogP contribution in [0.3, 0.4) is 0 Å². The highest BCUT2D eigenvalue weighted by atomic mass is 16.5. The molecule has 1 aliphatic rings. The molecule has 9 heteroatoms. The highest BCUT2D eigenvalue weighted by Crippen LogP contribution is 2.33. The second-order valence-corrected chi connectivity index (χ2v) is 8.35. The Balaban J connectivity index is 1.94. The summed E-state index contributed by atoms with van der Waals surface area (Å²) in [5.74, 6) is 1.30. The number of carbonyl (C=O) groups is 1. The third-order valence-electron chi connectivity index (χ3n) is 6.08. The molecule has 4 heterocycles. The van der Waals surface area contributed by atoms with Gasteiger partial charge < -0.3 is 19.3 Å². The van der Waals surface area contributed by atoms with Crippen molar-refractivity contribution in [2.45, 2.75) is 39.7 Å². The van der Waals surface area contributed by atoms with Crippen molar-refractivity contribution in [1.82, 2.24) is 19.6 Å². The average Bonchev–Trinajstić information content (AvgIpc) is 3.25. The van der Waals surface area contributed by atoms with E-state index in [0.717, 1.165) is 60.9 Å². The zero-order valence-electron chi connectivity index (χ0n) is 20.0. The molecule has 176 valence electrons. The summed E-state index contributed by atoms with van der Waals surface area (Å²) in [4.78, 5) is 26.4. The maximum absolute atomic E-state index is 12.9. The van der Waals surface area contributed by atoms with Crippen molar-refractivity contribution < 1.29 is 14.3 Å². The summed E-state index contributed by atoms with van der Waals surface area (Å²) in [6, 6.07) is 4.24. The minimum atomic E-state index is -0.419. The zero-order chi connectivity index (χ0) is 23.5. The van der Waals surface area contributed by atoms with Gasteiger partial charge in [0.1, 0.15) is 11.6 Å². The number of pyridine rings is 1. The van der Waals surface area contributed by atoms with Gasteiger partial charge in [0.05, 0.1) is 12.8 Å². The third-order valence-corrected chi connectivity index (χ3v) is 6.08. The Morgan fingerprint density at radius 3 is 2.70 bits per heavy atom. The smallest absolute Gasteiger partial charge is 0.357 e. The standard InChI is InChI=1S/C24H32N6O3/c1-6-29(18-9-12-32-13-10-18)23-16(3)21(24(31)33-7-2)27-22-19(15-26-30(22)23)17-8-11-25-20(14-17)28(4)5/h8,11,14-15,18H,6-7,9-10,12-13H2,1-5H3. The van der Waals surface area contributed by atoms with E-state index in [2.05, 4.69) is 16.8 Å². The first kappa shape index (κ1) is 23.0. The van der Waals surface area contributed by atoms with Gasteiger partial charge in [-0.15, -0.1) is 0 Å². The molecule has 3 aromatic heterocycles. The minimum Gasteiger partial charge on any atom is -0.461 e. The van der Waals surface area contributed by atoms with E-state index in [-0.39, 0.29) is 0 Å². The molecule has 0 radical (unpaired) electrons. The number of hydrogen-bond acceptors (Lipinski definition) is 8. The van der Waals surface area contributed by atoms with E-state index in [9.17, 15) is 4.79 Å². The second-order valence-electron chi connectivity index (χ2n) is 8.35. The molecule has 0 aliphatic carbocycles. The summed E-state index contributed by atoms with van der Waals surface area (Å²) in [6.45, 7) is 8.39. The molecule has 0 saturated carbocycles. The molecule has 9 nitrogen and oxygen atoms in total. The maximum atomic E-state index is 12.9. The first-order chi connectivity index (χ1) is 16.0. The molecule has 1 aliphatic heterocycles. The van der Waals surface area contributed by atoms with Gasteiger partial charge >= 0.3 is 5.97 Å². The molecule has 4 rings (SSSR count). The fourth-order valence-corrected chi connectivity index (χ4v) is 4.41. The van der Waals surface area contributed by atoms with Gasteiger partial charge in [-0.1, -0.05) is 0 Å². The van der Waals surface area contributed by atoms with Gasteiger partial charge in [-0.3, -0.25) is 0 Å². The van der Waals surface area contributed by atoms with E-state index >= 15 is 0 Å². The van der Waals surface area contributed by atoms with Gasteiger partial charge in [0.25, 0.3) is 0 Å². The van der Waals surface area contributed by atoms with Crippen LogP contribution in [0.5, 0.6) is 0 Å². The molecule has 0 aromatic carbocycles. The zero-order valence-corrected chi connectivity index (χ0v) is 20.0. The van der Waals surface area contributed by atoms with Crippen molar-refractivity contribution >= 4 is 23.3 Å². The summed E-state index contributed by atoms with van der Waals surface area (Å²) in [7, 11) is 3.90. The van der Waals surface area contributed by atoms with Crippen molar-refractivity contribution in [2.75, 3.05) is 50.3 Å². The minimum absolute atomic E-state index is 0.292. The van der Waals surface area contributed by atoms with Crippen LogP contribution in [0.25, 0.3) is 16.8 Å². The van der Waals surface area contributed by atoms with Crippen molar-refractivity contribution in [3.8, 4) is 11.1 Å². The molecule has 1 saturated heterocycles. The molecule has 0 spiro atoms. The van der Waals surface area contributed by atoms with E-state index in [1.807, 2.05) is 48.8 Å². The maximum Gasteiger partial charge on any atom is 0.357 e. The topological polar surface area (TPSA) is 85.1 Å². The predicted octanol–water partition coefficient (Wildman–Crippen LogP) is 3.35. The summed E-state index contributed by atoms with van der Waals surface area (Å²) >= 11 is 0. The normalized spacial score (nSPS) is 14.5. The van der Waals surface area contributed by atoms with Gasteiger partial charge in [0.2, 0.25) is 0 Å². The average molecular weight is 453 g/mol. The summed E-state index contributed by atoms with van der Waals surface area (Å²) in [5.41, 5.74) is 3.51. The molecule has 0 unspecified atom stereocenters. The Labute approximate surface area is 194 Å². The number of hydrogen-bond donors (Lipinski definition) is 0. The highest BCUT2D eigenvalue weighted by molar-refractivity contribution is 5.92. The molecule has 33 heavy (non-hydrogen) atoms. The number of carbonyl (C=O) groups excluding carboxylic acids is 1. The lowest BCUT2D eigenvalue weighted by Crippen LogP contribution is -2.41. The Hall–Kier alpha value is -3.20. The van der Waals surface area contributed by atoms with E-state index < -0.39 is 5.97 Å². The van der Waals surface area contributed by atoms with E-state index in [1.54, 1.807) is 13.1 Å². The van der Waals surface area contributed by atoms with E-state index in [0.29, 0.717) is 24.0 Å². The lowest BCUT2D eigenvalue weighted by Gasteiger charge is -2.36. The van der Waals surface area contributed by atoms with Gasteiger partial charge in [0.15, 0.2) is 11.3 Å². The van der Waals surface area contributed by atoms with Crippen LogP contribution in [0.15, 0.2) is 24.5 Å². The molecular weight excluding hydrogens is 420 g/mol. The van der Waals surface area contributed by atoms with Crippen LogP contribution in [0.2, 0.25) is 0 Å². The number of esters is 1. The van der Waals surface area contributed by atoms with Crippen molar-refractivity contribution in [1.29, 1.82) is 0 Å². The van der Waals surface area contributed by atoms with Crippen LogP contribution in [0, 0.1) is 6.92 Å². The Kier molecular flexibility index (Phi) is 6.78. The van der Waals surface area contributed by atoms with E-state index in [1.165, 1.54) is 0 Å². The number of ether oxygens (including phenoxy) is 2. The van der Waals surface area contributed by atoms with Crippen molar-refractivity contribution in [3.05, 3.63) is 35.8 Å². The molecular formula is C24H32N6O3.